The molecule has 0 unspecified atom stereocenters. The van der Waals surface area contributed by atoms with Gasteiger partial charge in [-0.3, -0.25) is 10.1 Å². The van der Waals surface area contributed by atoms with Crippen LogP contribution in [0.2, 0.25) is 0 Å². The molecular weight excluding hydrogens is 294 g/mol. The average Bonchev–Trinajstić information content (AvgIpc) is 2.82. The van der Waals surface area contributed by atoms with Crippen LogP contribution in [0.4, 0.5) is 11.4 Å². The molecule has 2 rings (SSSR count). The van der Waals surface area contributed by atoms with Gasteiger partial charge in [-0.15, -0.1) is 0 Å². The summed E-state index contributed by atoms with van der Waals surface area (Å²) in [5.74, 6) is 0. The third kappa shape index (κ3) is 3.70. The zero-order valence-corrected chi connectivity index (χ0v) is 12.6. The first kappa shape index (κ1) is 15.7. The maximum absolute atomic E-state index is 11.6. The van der Waals surface area contributed by atoms with E-state index in [4.69, 9.17) is 5.14 Å². The fourth-order valence-corrected chi connectivity index (χ4v) is 3.45. The lowest BCUT2D eigenvalue weighted by Crippen LogP contribution is -2.24. The second-order valence-corrected chi connectivity index (χ2v) is 7.38. The normalized spacial score (nSPS) is 17.6. The lowest BCUT2D eigenvalue weighted by molar-refractivity contribution is -0.385. The predicted octanol–water partition coefficient (Wildman–Crippen LogP) is 2.23. The first-order valence-electron chi connectivity index (χ1n) is 6.76. The maximum Gasteiger partial charge on any atom is 0.270 e. The molecule has 1 aromatic carbocycles. The van der Waals surface area contributed by atoms with Crippen molar-refractivity contribution in [1.29, 1.82) is 0 Å². The molecule has 0 aliphatic heterocycles. The van der Waals surface area contributed by atoms with Crippen molar-refractivity contribution in [3.05, 3.63) is 28.3 Å². The lowest BCUT2D eigenvalue weighted by Gasteiger charge is -2.25. The van der Waals surface area contributed by atoms with Crippen molar-refractivity contribution in [3.63, 3.8) is 0 Å². The summed E-state index contributed by atoms with van der Waals surface area (Å²) >= 11 is 0. The van der Waals surface area contributed by atoms with E-state index in [1.54, 1.807) is 0 Å². The highest BCUT2D eigenvalue weighted by Gasteiger charge is 2.29. The standard InChI is InChI=1S/C13H19N3O4S/c1-13(6-2-3-7-13)9-15-11-5-4-10(16(17)18)8-12(11)21(14,19)20/h4-5,8,15H,2-3,6-7,9H2,1H3,(H2,14,19,20). The fraction of sp³-hybridized carbons (Fsp3) is 0.538. The molecule has 0 heterocycles. The number of nitro groups is 1. The highest BCUT2D eigenvalue weighted by Crippen LogP contribution is 2.38. The molecule has 3 N–H and O–H groups in total. The molecule has 1 saturated carbocycles. The Bertz CT molecular complexity index is 651. The van der Waals surface area contributed by atoms with Gasteiger partial charge in [-0.1, -0.05) is 19.8 Å². The Hall–Kier alpha value is -1.67. The summed E-state index contributed by atoms with van der Waals surface area (Å²) in [4.78, 5) is 9.88. The number of nitrogens with zero attached hydrogens (tertiary/aromatic N) is 1. The summed E-state index contributed by atoms with van der Waals surface area (Å²) in [6.07, 6.45) is 4.50. The van der Waals surface area contributed by atoms with Gasteiger partial charge in [0.1, 0.15) is 4.90 Å². The van der Waals surface area contributed by atoms with Crippen molar-refractivity contribution in [3.8, 4) is 0 Å². The number of hydrogen-bond acceptors (Lipinski definition) is 5. The molecule has 116 valence electrons. The molecule has 7 nitrogen and oxygen atoms in total. The number of hydrogen-bond donors (Lipinski definition) is 2. The smallest absolute Gasteiger partial charge is 0.270 e. The van der Waals surface area contributed by atoms with Gasteiger partial charge in [-0.2, -0.15) is 0 Å². The zero-order chi connectivity index (χ0) is 15.7. The molecule has 8 heteroatoms. The molecule has 1 aliphatic rings. The molecule has 0 saturated heterocycles. The SMILES string of the molecule is CC1(CNc2ccc([N+](=O)[O-])cc2S(N)(=O)=O)CCCC1. The number of nitrogens with two attached hydrogens (primary N) is 1. The molecule has 0 amide bonds. The largest absolute Gasteiger partial charge is 0.383 e. The summed E-state index contributed by atoms with van der Waals surface area (Å²) in [5, 5.41) is 19.0. The van der Waals surface area contributed by atoms with Gasteiger partial charge in [-0.25, -0.2) is 13.6 Å². The molecule has 0 bridgehead atoms. The molecule has 0 aromatic heterocycles. The fourth-order valence-electron chi connectivity index (χ4n) is 2.72. The molecule has 0 spiro atoms. The van der Waals surface area contributed by atoms with Crippen LogP contribution >= 0.6 is 0 Å². The summed E-state index contributed by atoms with van der Waals surface area (Å²) in [5.41, 5.74) is 0.144. The van der Waals surface area contributed by atoms with Crippen LogP contribution in [-0.2, 0) is 10.0 Å². The predicted molar refractivity (Wildman–Crippen MR) is 79.5 cm³/mol. The summed E-state index contributed by atoms with van der Waals surface area (Å²) in [6, 6.07) is 3.67. The number of benzene rings is 1. The van der Waals surface area contributed by atoms with Crippen LogP contribution in [0.5, 0.6) is 0 Å². The van der Waals surface area contributed by atoms with Gasteiger partial charge < -0.3 is 5.32 Å². The number of rotatable bonds is 5. The van der Waals surface area contributed by atoms with Crippen molar-refractivity contribution in [1.82, 2.24) is 0 Å². The molecular formula is C13H19N3O4S. The molecule has 1 aromatic rings. The van der Waals surface area contributed by atoms with E-state index in [0.717, 1.165) is 18.9 Å². The van der Waals surface area contributed by atoms with Crippen LogP contribution in [-0.4, -0.2) is 19.9 Å². The van der Waals surface area contributed by atoms with Crippen LogP contribution in [0.15, 0.2) is 23.1 Å². The highest BCUT2D eigenvalue weighted by molar-refractivity contribution is 7.89. The quantitative estimate of drug-likeness (QED) is 0.639. The first-order valence-corrected chi connectivity index (χ1v) is 8.31. The second-order valence-electron chi connectivity index (χ2n) is 5.85. The minimum absolute atomic E-state index is 0.122. The van der Waals surface area contributed by atoms with E-state index >= 15 is 0 Å². The van der Waals surface area contributed by atoms with E-state index in [0.29, 0.717) is 12.2 Å². The van der Waals surface area contributed by atoms with E-state index in [2.05, 4.69) is 12.2 Å². The van der Waals surface area contributed by atoms with Gasteiger partial charge in [0.2, 0.25) is 10.0 Å². The van der Waals surface area contributed by atoms with Crippen LogP contribution in [0.1, 0.15) is 32.6 Å². The second kappa shape index (κ2) is 5.61. The van der Waals surface area contributed by atoms with Crippen molar-refractivity contribution in [2.24, 2.45) is 10.6 Å². The van der Waals surface area contributed by atoms with Crippen LogP contribution < -0.4 is 10.5 Å². The Labute approximate surface area is 123 Å². The van der Waals surface area contributed by atoms with Gasteiger partial charge in [0.15, 0.2) is 0 Å². The van der Waals surface area contributed by atoms with Gasteiger partial charge >= 0.3 is 0 Å². The minimum atomic E-state index is -4.02. The first-order chi connectivity index (χ1) is 9.71. The minimum Gasteiger partial charge on any atom is -0.383 e. The van der Waals surface area contributed by atoms with Gasteiger partial charge in [0.05, 0.1) is 10.6 Å². The van der Waals surface area contributed by atoms with Crippen LogP contribution in [0.25, 0.3) is 0 Å². The molecule has 1 fully saturated rings. The van der Waals surface area contributed by atoms with Gasteiger partial charge in [-0.05, 0) is 24.3 Å². The number of nitrogens with one attached hydrogen (secondary N) is 1. The van der Waals surface area contributed by atoms with E-state index in [9.17, 15) is 18.5 Å². The summed E-state index contributed by atoms with van der Waals surface area (Å²) in [7, 11) is -4.02. The third-order valence-corrected chi connectivity index (χ3v) is 4.95. The number of non-ortho nitro benzene ring substituents is 1. The molecule has 21 heavy (non-hydrogen) atoms. The van der Waals surface area contributed by atoms with Crippen molar-refractivity contribution >= 4 is 21.4 Å². The molecule has 0 atom stereocenters. The Morgan fingerprint density at radius 2 is 2.00 bits per heavy atom. The van der Waals surface area contributed by atoms with Gasteiger partial charge in [0.25, 0.3) is 5.69 Å². The summed E-state index contributed by atoms with van der Waals surface area (Å²) < 4.78 is 23.2. The molecule has 1 aliphatic carbocycles. The Morgan fingerprint density at radius 3 is 2.52 bits per heavy atom. The van der Waals surface area contributed by atoms with E-state index < -0.39 is 14.9 Å². The Kier molecular flexibility index (Phi) is 4.20. The Balaban J connectivity index is 2.28. The monoisotopic (exact) mass is 313 g/mol. The van der Waals surface area contributed by atoms with E-state index in [1.165, 1.54) is 25.0 Å². The van der Waals surface area contributed by atoms with E-state index in [-0.39, 0.29) is 16.0 Å². The van der Waals surface area contributed by atoms with Crippen LogP contribution in [0.3, 0.4) is 0 Å². The van der Waals surface area contributed by atoms with Crippen molar-refractivity contribution < 1.29 is 13.3 Å². The summed E-state index contributed by atoms with van der Waals surface area (Å²) in [6.45, 7) is 2.77. The third-order valence-electron chi connectivity index (χ3n) is 4.00. The average molecular weight is 313 g/mol. The number of primary sulfonamides is 1. The molecule has 0 radical (unpaired) electrons. The zero-order valence-electron chi connectivity index (χ0n) is 11.8. The Morgan fingerprint density at radius 1 is 1.38 bits per heavy atom. The topological polar surface area (TPSA) is 115 Å². The number of nitro benzene ring substituents is 1. The van der Waals surface area contributed by atoms with Crippen LogP contribution in [0, 0.1) is 15.5 Å². The van der Waals surface area contributed by atoms with Gasteiger partial charge in [0, 0.05) is 18.7 Å². The van der Waals surface area contributed by atoms with E-state index in [1.807, 2.05) is 0 Å². The highest BCUT2D eigenvalue weighted by atomic mass is 32.2. The van der Waals surface area contributed by atoms with Crippen molar-refractivity contribution in [2.45, 2.75) is 37.5 Å². The number of sulfonamides is 1. The number of anilines is 1. The van der Waals surface area contributed by atoms with Crippen molar-refractivity contribution in [2.75, 3.05) is 11.9 Å². The maximum atomic E-state index is 11.6. The lowest BCUT2D eigenvalue weighted by atomic mass is 9.89.